The SMILES string of the molecule is CNC(c1ccc(OC(C)C)cc1)c1cncnc1. The Hall–Kier alpha value is -1.94. The molecule has 1 aromatic heterocycles. The first-order valence-corrected chi connectivity index (χ1v) is 6.39. The van der Waals surface area contributed by atoms with Gasteiger partial charge < -0.3 is 10.1 Å². The molecule has 0 radical (unpaired) electrons. The summed E-state index contributed by atoms with van der Waals surface area (Å²) in [4.78, 5) is 8.12. The third kappa shape index (κ3) is 3.51. The maximum atomic E-state index is 5.64. The van der Waals surface area contributed by atoms with Crippen LogP contribution in [-0.2, 0) is 0 Å². The van der Waals surface area contributed by atoms with Crippen molar-refractivity contribution in [3.63, 3.8) is 0 Å². The summed E-state index contributed by atoms with van der Waals surface area (Å²) in [5, 5.41) is 3.27. The van der Waals surface area contributed by atoms with Crippen LogP contribution in [0.5, 0.6) is 5.75 Å². The van der Waals surface area contributed by atoms with Crippen molar-refractivity contribution >= 4 is 0 Å². The first kappa shape index (κ1) is 13.5. The van der Waals surface area contributed by atoms with E-state index in [0.29, 0.717) is 0 Å². The van der Waals surface area contributed by atoms with Crippen LogP contribution in [0, 0.1) is 0 Å². The second kappa shape index (κ2) is 6.29. The number of hydrogen-bond acceptors (Lipinski definition) is 4. The number of hydrogen-bond donors (Lipinski definition) is 1. The molecule has 0 saturated carbocycles. The Bertz CT molecular complexity index is 497. The zero-order valence-corrected chi connectivity index (χ0v) is 11.5. The maximum Gasteiger partial charge on any atom is 0.119 e. The molecule has 100 valence electrons. The van der Waals surface area contributed by atoms with Crippen molar-refractivity contribution in [3.8, 4) is 5.75 Å². The molecule has 2 rings (SSSR count). The van der Waals surface area contributed by atoms with Crippen LogP contribution >= 0.6 is 0 Å². The van der Waals surface area contributed by atoms with Crippen molar-refractivity contribution in [2.24, 2.45) is 0 Å². The van der Waals surface area contributed by atoms with Gasteiger partial charge in [-0.15, -0.1) is 0 Å². The number of benzene rings is 1. The first-order valence-electron chi connectivity index (χ1n) is 6.39. The van der Waals surface area contributed by atoms with Crippen molar-refractivity contribution in [2.75, 3.05) is 7.05 Å². The molecule has 0 bridgehead atoms. The van der Waals surface area contributed by atoms with E-state index >= 15 is 0 Å². The highest BCUT2D eigenvalue weighted by Crippen LogP contribution is 2.23. The molecule has 4 nitrogen and oxygen atoms in total. The summed E-state index contributed by atoms with van der Waals surface area (Å²) in [6.45, 7) is 4.04. The highest BCUT2D eigenvalue weighted by atomic mass is 16.5. The Morgan fingerprint density at radius 2 is 1.63 bits per heavy atom. The second-order valence-corrected chi connectivity index (χ2v) is 4.63. The van der Waals surface area contributed by atoms with E-state index in [2.05, 4.69) is 27.4 Å². The van der Waals surface area contributed by atoms with E-state index in [1.807, 2.05) is 45.4 Å². The first-order chi connectivity index (χ1) is 9.20. The average molecular weight is 257 g/mol. The second-order valence-electron chi connectivity index (χ2n) is 4.63. The van der Waals surface area contributed by atoms with Crippen LogP contribution in [0.4, 0.5) is 0 Å². The molecule has 0 saturated heterocycles. The van der Waals surface area contributed by atoms with E-state index in [1.165, 1.54) is 6.33 Å². The minimum Gasteiger partial charge on any atom is -0.491 e. The third-order valence-electron chi connectivity index (χ3n) is 2.79. The van der Waals surface area contributed by atoms with Crippen molar-refractivity contribution in [1.29, 1.82) is 0 Å². The molecule has 1 aromatic carbocycles. The topological polar surface area (TPSA) is 47.0 Å². The summed E-state index contributed by atoms with van der Waals surface area (Å²) in [6.07, 6.45) is 5.38. The lowest BCUT2D eigenvalue weighted by molar-refractivity contribution is 0.242. The highest BCUT2D eigenvalue weighted by Gasteiger charge is 2.12. The van der Waals surface area contributed by atoms with E-state index < -0.39 is 0 Å². The fourth-order valence-corrected chi connectivity index (χ4v) is 2.00. The summed E-state index contributed by atoms with van der Waals surface area (Å²) in [6, 6.07) is 8.19. The van der Waals surface area contributed by atoms with Gasteiger partial charge in [0.15, 0.2) is 0 Å². The maximum absolute atomic E-state index is 5.64. The largest absolute Gasteiger partial charge is 0.491 e. The number of aromatic nitrogens is 2. The number of ether oxygens (including phenoxy) is 1. The summed E-state index contributed by atoms with van der Waals surface area (Å²) in [5.41, 5.74) is 2.20. The smallest absolute Gasteiger partial charge is 0.119 e. The lowest BCUT2D eigenvalue weighted by Gasteiger charge is -2.17. The molecule has 19 heavy (non-hydrogen) atoms. The van der Waals surface area contributed by atoms with E-state index in [1.54, 1.807) is 0 Å². The zero-order chi connectivity index (χ0) is 13.7. The van der Waals surface area contributed by atoms with E-state index in [9.17, 15) is 0 Å². The summed E-state index contributed by atoms with van der Waals surface area (Å²) in [5.74, 6) is 0.887. The molecular weight excluding hydrogens is 238 g/mol. The Kier molecular flexibility index (Phi) is 4.47. The van der Waals surface area contributed by atoms with Crippen LogP contribution in [-0.4, -0.2) is 23.1 Å². The van der Waals surface area contributed by atoms with Gasteiger partial charge in [-0.2, -0.15) is 0 Å². The Morgan fingerprint density at radius 1 is 1.00 bits per heavy atom. The monoisotopic (exact) mass is 257 g/mol. The van der Waals surface area contributed by atoms with Gasteiger partial charge in [0.2, 0.25) is 0 Å². The van der Waals surface area contributed by atoms with Crippen LogP contribution in [0.25, 0.3) is 0 Å². The van der Waals surface area contributed by atoms with Gasteiger partial charge in [0, 0.05) is 18.0 Å². The number of nitrogens with one attached hydrogen (secondary N) is 1. The highest BCUT2D eigenvalue weighted by molar-refractivity contribution is 5.33. The quantitative estimate of drug-likeness (QED) is 0.894. The van der Waals surface area contributed by atoms with Gasteiger partial charge in [-0.3, -0.25) is 0 Å². The van der Waals surface area contributed by atoms with Gasteiger partial charge in [0.05, 0.1) is 12.1 Å². The fraction of sp³-hybridized carbons (Fsp3) is 0.333. The van der Waals surface area contributed by atoms with Crippen LogP contribution in [0.15, 0.2) is 43.0 Å². The van der Waals surface area contributed by atoms with Gasteiger partial charge in [-0.25, -0.2) is 9.97 Å². The molecule has 1 heterocycles. The summed E-state index contributed by atoms with van der Waals surface area (Å²) >= 11 is 0. The van der Waals surface area contributed by atoms with Crippen LogP contribution in [0.2, 0.25) is 0 Å². The predicted molar refractivity (Wildman–Crippen MR) is 75.1 cm³/mol. The molecule has 1 N–H and O–H groups in total. The van der Waals surface area contributed by atoms with E-state index in [4.69, 9.17) is 4.74 Å². The Morgan fingerprint density at radius 3 is 2.16 bits per heavy atom. The molecule has 1 unspecified atom stereocenters. The molecule has 0 aliphatic heterocycles. The molecule has 0 aliphatic rings. The normalized spacial score (nSPS) is 12.4. The molecule has 4 heteroatoms. The lowest BCUT2D eigenvalue weighted by atomic mass is 10.0. The molecule has 1 atom stereocenters. The molecule has 0 aliphatic carbocycles. The molecule has 2 aromatic rings. The summed E-state index contributed by atoms with van der Waals surface area (Å²) < 4.78 is 5.64. The number of rotatable bonds is 5. The number of nitrogens with zero attached hydrogens (tertiary/aromatic N) is 2. The van der Waals surface area contributed by atoms with Crippen molar-refractivity contribution in [2.45, 2.75) is 26.0 Å². The standard InChI is InChI=1S/C15H19N3O/c1-11(2)19-14-6-4-12(5-7-14)15(16-3)13-8-17-10-18-9-13/h4-11,15-16H,1-3H3. The van der Waals surface area contributed by atoms with Gasteiger partial charge in [-0.1, -0.05) is 12.1 Å². The van der Waals surface area contributed by atoms with Crippen molar-refractivity contribution in [3.05, 3.63) is 54.1 Å². The van der Waals surface area contributed by atoms with Gasteiger partial charge in [0.25, 0.3) is 0 Å². The third-order valence-corrected chi connectivity index (χ3v) is 2.79. The van der Waals surface area contributed by atoms with Gasteiger partial charge in [-0.05, 0) is 38.6 Å². The fourth-order valence-electron chi connectivity index (χ4n) is 2.00. The van der Waals surface area contributed by atoms with E-state index in [-0.39, 0.29) is 12.1 Å². The minimum atomic E-state index is 0.0919. The average Bonchev–Trinajstić information content (AvgIpc) is 2.42. The van der Waals surface area contributed by atoms with Crippen LogP contribution in [0.1, 0.15) is 31.0 Å². The Balaban J connectivity index is 2.20. The zero-order valence-electron chi connectivity index (χ0n) is 11.5. The predicted octanol–water partition coefficient (Wildman–Crippen LogP) is 2.57. The minimum absolute atomic E-state index is 0.0919. The van der Waals surface area contributed by atoms with Crippen molar-refractivity contribution in [1.82, 2.24) is 15.3 Å². The molecule has 0 fully saturated rings. The Labute approximate surface area is 113 Å². The van der Waals surface area contributed by atoms with Gasteiger partial charge >= 0.3 is 0 Å². The van der Waals surface area contributed by atoms with Crippen LogP contribution in [0.3, 0.4) is 0 Å². The summed E-state index contributed by atoms with van der Waals surface area (Å²) in [7, 11) is 1.93. The lowest BCUT2D eigenvalue weighted by Crippen LogP contribution is -2.18. The van der Waals surface area contributed by atoms with Gasteiger partial charge in [0.1, 0.15) is 12.1 Å². The molecule has 0 spiro atoms. The van der Waals surface area contributed by atoms with E-state index in [0.717, 1.165) is 16.9 Å². The molecular formula is C15H19N3O. The molecule has 0 amide bonds. The van der Waals surface area contributed by atoms with Crippen molar-refractivity contribution < 1.29 is 4.74 Å². The van der Waals surface area contributed by atoms with Crippen LogP contribution < -0.4 is 10.1 Å².